The summed E-state index contributed by atoms with van der Waals surface area (Å²) in [5.74, 6) is -0.634. The van der Waals surface area contributed by atoms with Crippen LogP contribution in [-0.2, 0) is 0 Å². The Hall–Kier alpha value is -1.94. The predicted molar refractivity (Wildman–Crippen MR) is 71.0 cm³/mol. The summed E-state index contributed by atoms with van der Waals surface area (Å²) in [7, 11) is 0. The first-order valence-corrected chi connectivity index (χ1v) is 6.00. The molecule has 100 valence electrons. The van der Waals surface area contributed by atoms with Gasteiger partial charge in [0.05, 0.1) is 6.10 Å². The molecular weight excluding hydrogens is 248 g/mol. The summed E-state index contributed by atoms with van der Waals surface area (Å²) < 4.78 is 26.1. The third kappa shape index (κ3) is 3.51. The molecule has 1 atom stereocenters. The van der Waals surface area contributed by atoms with Crippen LogP contribution in [0.3, 0.4) is 0 Å². The van der Waals surface area contributed by atoms with Gasteiger partial charge in [-0.2, -0.15) is 0 Å². The summed E-state index contributed by atoms with van der Waals surface area (Å²) in [6, 6.07) is 10.4. The quantitative estimate of drug-likeness (QED) is 0.886. The Kier molecular flexibility index (Phi) is 4.12. The molecule has 0 aromatic heterocycles. The summed E-state index contributed by atoms with van der Waals surface area (Å²) in [6.07, 6.45) is -0.773. The Morgan fingerprint density at radius 2 is 1.79 bits per heavy atom. The van der Waals surface area contributed by atoms with Crippen molar-refractivity contribution in [1.29, 1.82) is 0 Å². The van der Waals surface area contributed by atoms with Gasteiger partial charge in [0.15, 0.2) is 0 Å². The molecule has 2 N–H and O–H groups in total. The zero-order chi connectivity index (χ0) is 13.8. The number of benzene rings is 2. The molecule has 0 saturated heterocycles. The minimum absolute atomic E-state index is 0.230. The predicted octanol–water partition coefficient (Wildman–Crippen LogP) is 3.42. The summed E-state index contributed by atoms with van der Waals surface area (Å²) in [5, 5.41) is 12.9. The van der Waals surface area contributed by atoms with Gasteiger partial charge in [-0.05, 0) is 42.3 Å². The third-order valence-corrected chi connectivity index (χ3v) is 2.93. The molecule has 0 aliphatic heterocycles. The third-order valence-electron chi connectivity index (χ3n) is 2.93. The van der Waals surface area contributed by atoms with E-state index in [9.17, 15) is 13.9 Å². The molecule has 2 nitrogen and oxygen atoms in total. The van der Waals surface area contributed by atoms with Crippen molar-refractivity contribution in [2.75, 3.05) is 11.9 Å². The topological polar surface area (TPSA) is 32.3 Å². The van der Waals surface area contributed by atoms with Gasteiger partial charge in [0, 0.05) is 12.2 Å². The molecular formula is C15H15F2NO. The lowest BCUT2D eigenvalue weighted by Gasteiger charge is -2.13. The van der Waals surface area contributed by atoms with E-state index in [1.807, 2.05) is 0 Å². The number of hydrogen-bond acceptors (Lipinski definition) is 2. The van der Waals surface area contributed by atoms with Crippen LogP contribution in [0.15, 0.2) is 42.5 Å². The van der Waals surface area contributed by atoms with Crippen LogP contribution >= 0.6 is 0 Å². The van der Waals surface area contributed by atoms with Gasteiger partial charge < -0.3 is 10.4 Å². The van der Waals surface area contributed by atoms with E-state index in [0.29, 0.717) is 16.8 Å². The zero-order valence-corrected chi connectivity index (χ0v) is 10.5. The lowest BCUT2D eigenvalue weighted by molar-refractivity contribution is 0.191. The van der Waals surface area contributed by atoms with Gasteiger partial charge in [0.1, 0.15) is 11.6 Å². The lowest BCUT2D eigenvalue weighted by Crippen LogP contribution is -2.12. The first-order chi connectivity index (χ1) is 9.06. The summed E-state index contributed by atoms with van der Waals surface area (Å²) in [5.41, 5.74) is 1.79. The fourth-order valence-electron chi connectivity index (χ4n) is 1.72. The maximum atomic E-state index is 13.3. The number of anilines is 1. The van der Waals surface area contributed by atoms with Crippen LogP contribution in [0.25, 0.3) is 0 Å². The maximum absolute atomic E-state index is 13.3. The van der Waals surface area contributed by atoms with Gasteiger partial charge in [0.25, 0.3) is 0 Å². The van der Waals surface area contributed by atoms with Crippen LogP contribution in [0.5, 0.6) is 0 Å². The Labute approximate surface area is 110 Å². The normalized spacial score (nSPS) is 12.2. The first-order valence-electron chi connectivity index (χ1n) is 6.00. The molecule has 2 aromatic carbocycles. The molecule has 2 rings (SSSR count). The van der Waals surface area contributed by atoms with Gasteiger partial charge in [-0.1, -0.05) is 18.2 Å². The van der Waals surface area contributed by atoms with E-state index in [0.717, 1.165) is 0 Å². The van der Waals surface area contributed by atoms with Crippen molar-refractivity contribution in [3.63, 3.8) is 0 Å². The summed E-state index contributed by atoms with van der Waals surface area (Å²) in [4.78, 5) is 0. The molecule has 0 aliphatic rings. The fraction of sp³-hybridized carbons (Fsp3) is 0.200. The van der Waals surface area contributed by atoms with Crippen molar-refractivity contribution in [3.8, 4) is 0 Å². The number of rotatable bonds is 4. The van der Waals surface area contributed by atoms with Gasteiger partial charge >= 0.3 is 0 Å². The highest BCUT2D eigenvalue weighted by atomic mass is 19.1. The molecule has 0 spiro atoms. The molecule has 0 saturated carbocycles. The minimum atomic E-state index is -0.773. The van der Waals surface area contributed by atoms with E-state index in [1.165, 1.54) is 30.3 Å². The average Bonchev–Trinajstić information content (AvgIpc) is 2.40. The van der Waals surface area contributed by atoms with E-state index in [-0.39, 0.29) is 18.2 Å². The van der Waals surface area contributed by atoms with Crippen LogP contribution in [0.2, 0.25) is 0 Å². The highest BCUT2D eigenvalue weighted by Gasteiger charge is 2.07. The standard InChI is InChI=1S/C15H15F2NO/c1-10-2-7-13(8-14(10)17)18-9-15(19)11-3-5-12(16)6-4-11/h2-8,15,18-19H,9H2,1H3. The van der Waals surface area contributed by atoms with Crippen molar-refractivity contribution >= 4 is 5.69 Å². The second-order valence-electron chi connectivity index (χ2n) is 4.41. The van der Waals surface area contributed by atoms with Crippen LogP contribution < -0.4 is 5.32 Å². The van der Waals surface area contributed by atoms with Crippen molar-refractivity contribution in [2.24, 2.45) is 0 Å². The highest BCUT2D eigenvalue weighted by Crippen LogP contribution is 2.17. The number of aliphatic hydroxyl groups is 1. The second kappa shape index (κ2) is 5.80. The minimum Gasteiger partial charge on any atom is -0.387 e. The molecule has 0 fully saturated rings. The zero-order valence-electron chi connectivity index (χ0n) is 10.5. The maximum Gasteiger partial charge on any atom is 0.128 e. The molecule has 0 aliphatic carbocycles. The SMILES string of the molecule is Cc1ccc(NCC(O)c2ccc(F)cc2)cc1F. The van der Waals surface area contributed by atoms with Crippen LogP contribution in [0.1, 0.15) is 17.2 Å². The van der Waals surface area contributed by atoms with E-state index >= 15 is 0 Å². The molecule has 0 bridgehead atoms. The van der Waals surface area contributed by atoms with Crippen molar-refractivity contribution in [2.45, 2.75) is 13.0 Å². The first kappa shape index (κ1) is 13.5. The Morgan fingerprint density at radius 3 is 2.42 bits per heavy atom. The number of hydrogen-bond donors (Lipinski definition) is 2. The van der Waals surface area contributed by atoms with Crippen LogP contribution in [-0.4, -0.2) is 11.7 Å². The number of aliphatic hydroxyl groups excluding tert-OH is 1. The molecule has 0 radical (unpaired) electrons. The lowest BCUT2D eigenvalue weighted by atomic mass is 10.1. The van der Waals surface area contributed by atoms with Crippen LogP contribution in [0, 0.1) is 18.6 Å². The summed E-state index contributed by atoms with van der Waals surface area (Å²) >= 11 is 0. The van der Waals surface area contributed by atoms with E-state index in [4.69, 9.17) is 0 Å². The van der Waals surface area contributed by atoms with Gasteiger partial charge in [-0.15, -0.1) is 0 Å². The van der Waals surface area contributed by atoms with Crippen molar-refractivity contribution < 1.29 is 13.9 Å². The monoisotopic (exact) mass is 263 g/mol. The number of halogens is 2. The van der Waals surface area contributed by atoms with E-state index in [1.54, 1.807) is 19.1 Å². The van der Waals surface area contributed by atoms with Crippen molar-refractivity contribution in [1.82, 2.24) is 0 Å². The van der Waals surface area contributed by atoms with Gasteiger partial charge in [-0.3, -0.25) is 0 Å². The van der Waals surface area contributed by atoms with Crippen molar-refractivity contribution in [3.05, 3.63) is 65.2 Å². The second-order valence-corrected chi connectivity index (χ2v) is 4.41. The molecule has 4 heteroatoms. The van der Waals surface area contributed by atoms with E-state index < -0.39 is 6.10 Å². The highest BCUT2D eigenvalue weighted by molar-refractivity contribution is 5.45. The molecule has 0 heterocycles. The molecule has 0 amide bonds. The summed E-state index contributed by atoms with van der Waals surface area (Å²) in [6.45, 7) is 1.92. The number of aryl methyl sites for hydroxylation is 1. The van der Waals surface area contributed by atoms with Crippen LogP contribution in [0.4, 0.5) is 14.5 Å². The molecule has 19 heavy (non-hydrogen) atoms. The van der Waals surface area contributed by atoms with Gasteiger partial charge in [-0.25, -0.2) is 8.78 Å². The molecule has 2 aromatic rings. The molecule has 1 unspecified atom stereocenters. The fourth-order valence-corrected chi connectivity index (χ4v) is 1.72. The Balaban J connectivity index is 1.98. The Morgan fingerprint density at radius 1 is 1.11 bits per heavy atom. The number of nitrogens with one attached hydrogen (secondary N) is 1. The smallest absolute Gasteiger partial charge is 0.128 e. The Bertz CT molecular complexity index is 555. The van der Waals surface area contributed by atoms with Gasteiger partial charge in [0.2, 0.25) is 0 Å². The van der Waals surface area contributed by atoms with E-state index in [2.05, 4.69) is 5.32 Å². The largest absolute Gasteiger partial charge is 0.387 e. The average molecular weight is 263 g/mol.